The van der Waals surface area contributed by atoms with Crippen LogP contribution in [0.1, 0.15) is 24.6 Å². The van der Waals surface area contributed by atoms with Gasteiger partial charge >= 0.3 is 0 Å². The second kappa shape index (κ2) is 8.24. The maximum Gasteiger partial charge on any atom is 0.236 e. The summed E-state index contributed by atoms with van der Waals surface area (Å²) in [5, 5.41) is 2.09. The minimum absolute atomic E-state index is 0.136. The van der Waals surface area contributed by atoms with Crippen molar-refractivity contribution in [2.24, 2.45) is 0 Å². The van der Waals surface area contributed by atoms with Gasteiger partial charge in [0.1, 0.15) is 0 Å². The van der Waals surface area contributed by atoms with Gasteiger partial charge in [-0.2, -0.15) is 0 Å². The van der Waals surface area contributed by atoms with Gasteiger partial charge in [-0.1, -0.05) is 6.07 Å². The highest BCUT2D eigenvalue weighted by atomic mass is 32.1. The Labute approximate surface area is 142 Å². The molecule has 2 atom stereocenters. The van der Waals surface area contributed by atoms with Crippen molar-refractivity contribution in [2.45, 2.75) is 38.5 Å². The monoisotopic (exact) mass is 338 g/mol. The van der Waals surface area contributed by atoms with Crippen LogP contribution in [0.4, 0.5) is 0 Å². The third-order valence-corrected chi connectivity index (χ3v) is 5.26. The molecule has 0 N–H and O–H groups in total. The van der Waals surface area contributed by atoms with Crippen molar-refractivity contribution in [3.63, 3.8) is 0 Å². The van der Waals surface area contributed by atoms with E-state index in [1.165, 1.54) is 4.88 Å². The molecule has 1 aromatic rings. The highest BCUT2D eigenvalue weighted by molar-refractivity contribution is 7.09. The van der Waals surface area contributed by atoms with E-state index in [0.717, 1.165) is 32.5 Å². The second-order valence-corrected chi connectivity index (χ2v) is 7.44. The van der Waals surface area contributed by atoms with E-state index in [1.807, 2.05) is 11.8 Å². The van der Waals surface area contributed by atoms with Crippen molar-refractivity contribution in [2.75, 3.05) is 39.4 Å². The molecule has 3 rings (SSSR count). The number of amides is 1. The van der Waals surface area contributed by atoms with E-state index < -0.39 is 0 Å². The molecule has 0 spiro atoms. The number of hydrogen-bond donors (Lipinski definition) is 0. The number of nitrogens with zero attached hydrogens (tertiary/aromatic N) is 2. The van der Waals surface area contributed by atoms with Crippen molar-refractivity contribution < 1.29 is 14.3 Å². The molecule has 5 nitrogen and oxygen atoms in total. The second-order valence-electron chi connectivity index (χ2n) is 6.41. The van der Waals surface area contributed by atoms with Crippen LogP contribution in [0, 0.1) is 0 Å². The molecule has 2 aliphatic rings. The maximum absolute atomic E-state index is 12.6. The van der Waals surface area contributed by atoms with E-state index in [9.17, 15) is 4.79 Å². The predicted molar refractivity (Wildman–Crippen MR) is 90.6 cm³/mol. The van der Waals surface area contributed by atoms with Crippen LogP contribution in [0.3, 0.4) is 0 Å². The summed E-state index contributed by atoms with van der Waals surface area (Å²) in [5.41, 5.74) is 0. The number of thiophene rings is 1. The number of hydrogen-bond acceptors (Lipinski definition) is 5. The lowest BCUT2D eigenvalue weighted by molar-refractivity contribution is -0.139. The van der Waals surface area contributed by atoms with Crippen LogP contribution in [0.15, 0.2) is 17.5 Å². The molecule has 0 aliphatic carbocycles. The number of carbonyl (C=O) groups excluding carboxylic acids is 1. The minimum Gasteiger partial charge on any atom is -0.377 e. The summed E-state index contributed by atoms with van der Waals surface area (Å²) in [7, 11) is 0. The smallest absolute Gasteiger partial charge is 0.236 e. The molecule has 0 aromatic carbocycles. The number of carbonyl (C=O) groups is 1. The van der Waals surface area contributed by atoms with Gasteiger partial charge in [0.15, 0.2) is 0 Å². The Kier molecular flexibility index (Phi) is 6.05. The molecule has 2 fully saturated rings. The molecule has 0 saturated carbocycles. The summed E-state index contributed by atoms with van der Waals surface area (Å²) in [4.78, 5) is 18.1. The van der Waals surface area contributed by atoms with E-state index in [0.29, 0.717) is 26.2 Å². The van der Waals surface area contributed by atoms with E-state index in [1.54, 1.807) is 11.3 Å². The molecule has 0 bridgehead atoms. The molecule has 2 aliphatic heterocycles. The van der Waals surface area contributed by atoms with Gasteiger partial charge in [-0.15, -0.1) is 11.3 Å². The SMILES string of the molecule is C[C@H]1CN(C(=O)CN(Cc2cccs2)C[C@@H]2CCCO2)CCO1. The molecule has 1 aromatic heterocycles. The molecule has 2 saturated heterocycles. The third kappa shape index (κ3) is 5.01. The van der Waals surface area contributed by atoms with E-state index in [4.69, 9.17) is 9.47 Å². The molecular weight excluding hydrogens is 312 g/mol. The van der Waals surface area contributed by atoms with Gasteiger partial charge in [0.2, 0.25) is 5.91 Å². The van der Waals surface area contributed by atoms with Crippen molar-refractivity contribution in [3.8, 4) is 0 Å². The van der Waals surface area contributed by atoms with Crippen LogP contribution in [0.5, 0.6) is 0 Å². The summed E-state index contributed by atoms with van der Waals surface area (Å²) >= 11 is 1.74. The molecule has 0 unspecified atom stereocenters. The zero-order chi connectivity index (χ0) is 16.1. The summed E-state index contributed by atoms with van der Waals surface area (Å²) in [6.45, 7) is 7.05. The van der Waals surface area contributed by atoms with Gasteiger partial charge in [-0.25, -0.2) is 0 Å². The molecule has 6 heteroatoms. The lowest BCUT2D eigenvalue weighted by atomic mass is 10.2. The van der Waals surface area contributed by atoms with Gasteiger partial charge in [0.05, 0.1) is 25.4 Å². The van der Waals surface area contributed by atoms with Crippen LogP contribution < -0.4 is 0 Å². The number of ether oxygens (including phenoxy) is 2. The summed E-state index contributed by atoms with van der Waals surface area (Å²) in [6, 6.07) is 4.20. The minimum atomic E-state index is 0.136. The van der Waals surface area contributed by atoms with Crippen LogP contribution >= 0.6 is 11.3 Å². The van der Waals surface area contributed by atoms with Crippen LogP contribution in [0.2, 0.25) is 0 Å². The first-order chi connectivity index (χ1) is 11.2. The van der Waals surface area contributed by atoms with Crippen molar-refractivity contribution in [3.05, 3.63) is 22.4 Å². The molecule has 1 amide bonds. The normalized spacial score (nSPS) is 25.2. The molecule has 128 valence electrons. The Morgan fingerprint density at radius 3 is 3.04 bits per heavy atom. The van der Waals surface area contributed by atoms with Crippen LogP contribution in [0.25, 0.3) is 0 Å². The largest absolute Gasteiger partial charge is 0.377 e. The Morgan fingerprint density at radius 2 is 2.35 bits per heavy atom. The average Bonchev–Trinajstić information content (AvgIpc) is 3.21. The maximum atomic E-state index is 12.6. The van der Waals surface area contributed by atoms with E-state index >= 15 is 0 Å². The van der Waals surface area contributed by atoms with Gasteiger partial charge in [0.25, 0.3) is 0 Å². The summed E-state index contributed by atoms with van der Waals surface area (Å²) in [5.74, 6) is 0.203. The number of morpholine rings is 1. The zero-order valence-electron chi connectivity index (χ0n) is 13.8. The van der Waals surface area contributed by atoms with Crippen molar-refractivity contribution in [1.29, 1.82) is 0 Å². The Balaban J connectivity index is 1.58. The fraction of sp³-hybridized carbons (Fsp3) is 0.706. The number of rotatable bonds is 6. The highest BCUT2D eigenvalue weighted by Gasteiger charge is 2.25. The van der Waals surface area contributed by atoms with Gasteiger partial charge in [-0.05, 0) is 31.2 Å². The Morgan fingerprint density at radius 1 is 1.43 bits per heavy atom. The fourth-order valence-corrected chi connectivity index (χ4v) is 3.97. The quantitative estimate of drug-likeness (QED) is 0.795. The third-order valence-electron chi connectivity index (χ3n) is 4.40. The predicted octanol–water partition coefficient (Wildman–Crippen LogP) is 1.98. The van der Waals surface area contributed by atoms with E-state index in [2.05, 4.69) is 22.4 Å². The standard InChI is InChI=1S/C17H26N2O3S/c1-14-10-19(6-8-21-14)17(20)13-18(11-15-4-2-7-22-15)12-16-5-3-9-23-16/h3,5,9,14-15H,2,4,6-8,10-13H2,1H3/t14-,15-/m0/s1. The average molecular weight is 338 g/mol. The summed E-state index contributed by atoms with van der Waals surface area (Å²) < 4.78 is 11.3. The fourth-order valence-electron chi connectivity index (χ4n) is 3.22. The lowest BCUT2D eigenvalue weighted by Crippen LogP contribution is -2.49. The van der Waals surface area contributed by atoms with E-state index in [-0.39, 0.29) is 18.1 Å². The zero-order valence-corrected chi connectivity index (χ0v) is 14.6. The van der Waals surface area contributed by atoms with Crippen LogP contribution in [-0.2, 0) is 20.8 Å². The van der Waals surface area contributed by atoms with Crippen molar-refractivity contribution in [1.82, 2.24) is 9.80 Å². The molecular formula is C17H26N2O3S. The van der Waals surface area contributed by atoms with Crippen LogP contribution in [-0.4, -0.2) is 67.3 Å². The molecule has 3 heterocycles. The Hall–Kier alpha value is -0.950. The highest BCUT2D eigenvalue weighted by Crippen LogP contribution is 2.17. The van der Waals surface area contributed by atoms with Gasteiger partial charge in [0, 0.05) is 37.7 Å². The first-order valence-corrected chi connectivity index (χ1v) is 9.34. The lowest BCUT2D eigenvalue weighted by Gasteiger charge is -2.33. The van der Waals surface area contributed by atoms with Gasteiger partial charge in [-0.3, -0.25) is 9.69 Å². The Bertz CT molecular complexity index is 488. The summed E-state index contributed by atoms with van der Waals surface area (Å²) in [6.07, 6.45) is 2.64. The topological polar surface area (TPSA) is 42.0 Å². The first kappa shape index (κ1) is 16.9. The molecule has 23 heavy (non-hydrogen) atoms. The molecule has 0 radical (unpaired) electrons. The van der Waals surface area contributed by atoms with Gasteiger partial charge < -0.3 is 14.4 Å². The first-order valence-electron chi connectivity index (χ1n) is 8.46. The van der Waals surface area contributed by atoms with Crippen molar-refractivity contribution >= 4 is 17.2 Å².